The Balaban J connectivity index is 1.25. The van der Waals surface area contributed by atoms with Crippen LogP contribution in [0.25, 0.3) is 0 Å². The maximum absolute atomic E-state index is 9.29. The Kier molecular flexibility index (Phi) is 4.39. The Hall–Kier alpha value is -2.07. The van der Waals surface area contributed by atoms with Crippen LogP contribution in [0.3, 0.4) is 0 Å². The van der Waals surface area contributed by atoms with E-state index in [4.69, 9.17) is 4.74 Å². The average Bonchev–Trinajstić information content (AvgIpc) is 3.13. The molecule has 126 valence electrons. The number of rotatable bonds is 5. The van der Waals surface area contributed by atoms with Gasteiger partial charge in [0.2, 0.25) is 0 Å². The molecule has 0 spiro atoms. The smallest absolute Gasteiger partial charge is 0.133 e. The predicted molar refractivity (Wildman–Crippen MR) is 93.1 cm³/mol. The fraction of sp³-hybridized carbons (Fsp3) is 0.450. The molecule has 4 heteroatoms. The lowest BCUT2D eigenvalue weighted by Gasteiger charge is -2.19. The number of nitrogens with zero attached hydrogens (tertiary/aromatic N) is 2. The number of aromatic hydroxyl groups is 1. The lowest BCUT2D eigenvalue weighted by molar-refractivity contribution is 0.186. The number of fused-ring (bicyclic) bond motifs is 1. The number of aromatic nitrogens is 1. The van der Waals surface area contributed by atoms with Gasteiger partial charge in [-0.3, -0.25) is 4.98 Å². The maximum Gasteiger partial charge on any atom is 0.133 e. The van der Waals surface area contributed by atoms with Crippen molar-refractivity contribution in [3.63, 3.8) is 0 Å². The monoisotopic (exact) mass is 324 g/mol. The van der Waals surface area contributed by atoms with E-state index >= 15 is 0 Å². The predicted octanol–water partition coefficient (Wildman–Crippen LogP) is 3.12. The third-order valence-corrected chi connectivity index (χ3v) is 5.32. The summed E-state index contributed by atoms with van der Waals surface area (Å²) in [6.45, 7) is 3.41. The van der Waals surface area contributed by atoms with Gasteiger partial charge in [0, 0.05) is 31.7 Å². The van der Waals surface area contributed by atoms with E-state index in [-0.39, 0.29) is 5.75 Å². The van der Waals surface area contributed by atoms with Gasteiger partial charge in [-0.15, -0.1) is 0 Å². The molecule has 0 radical (unpaired) electrons. The number of ether oxygens (including phenoxy) is 1. The van der Waals surface area contributed by atoms with Crippen LogP contribution in [0.4, 0.5) is 0 Å². The van der Waals surface area contributed by atoms with E-state index in [9.17, 15) is 5.11 Å². The zero-order chi connectivity index (χ0) is 16.4. The van der Waals surface area contributed by atoms with Gasteiger partial charge < -0.3 is 14.7 Å². The van der Waals surface area contributed by atoms with Crippen molar-refractivity contribution in [1.29, 1.82) is 0 Å². The van der Waals surface area contributed by atoms with Gasteiger partial charge in [-0.1, -0.05) is 18.2 Å². The number of pyridine rings is 1. The average molecular weight is 324 g/mol. The van der Waals surface area contributed by atoms with Crippen molar-refractivity contribution in [2.75, 3.05) is 19.6 Å². The topological polar surface area (TPSA) is 45.6 Å². The molecule has 24 heavy (non-hydrogen) atoms. The van der Waals surface area contributed by atoms with Crippen LogP contribution in [0, 0.1) is 11.8 Å². The van der Waals surface area contributed by atoms with Crippen molar-refractivity contribution in [1.82, 2.24) is 9.88 Å². The molecule has 2 atom stereocenters. The van der Waals surface area contributed by atoms with E-state index in [0.717, 1.165) is 36.2 Å². The largest absolute Gasteiger partial charge is 0.506 e. The van der Waals surface area contributed by atoms with Crippen LogP contribution in [0.5, 0.6) is 11.5 Å². The zero-order valence-corrected chi connectivity index (χ0v) is 13.8. The Morgan fingerprint density at radius 1 is 1.04 bits per heavy atom. The molecule has 2 unspecified atom stereocenters. The third-order valence-electron chi connectivity index (χ3n) is 5.32. The molecule has 1 aromatic carbocycles. The molecule has 2 aromatic rings. The Morgan fingerprint density at radius 2 is 1.79 bits per heavy atom. The van der Waals surface area contributed by atoms with E-state index in [2.05, 4.69) is 9.88 Å². The molecule has 1 N–H and O–H groups in total. The maximum atomic E-state index is 9.29. The second-order valence-corrected chi connectivity index (χ2v) is 7.06. The Labute approximate surface area is 143 Å². The van der Waals surface area contributed by atoms with Crippen LogP contribution < -0.4 is 4.74 Å². The highest BCUT2D eigenvalue weighted by atomic mass is 16.5. The first kappa shape index (κ1) is 15.5. The van der Waals surface area contributed by atoms with Crippen LogP contribution in [-0.2, 0) is 6.42 Å². The van der Waals surface area contributed by atoms with E-state index in [1.54, 1.807) is 6.07 Å². The summed E-state index contributed by atoms with van der Waals surface area (Å²) in [5.41, 5.74) is 1.05. The summed E-state index contributed by atoms with van der Waals surface area (Å²) in [6, 6.07) is 13.8. The van der Waals surface area contributed by atoms with Crippen molar-refractivity contribution in [3.8, 4) is 11.5 Å². The van der Waals surface area contributed by atoms with Crippen molar-refractivity contribution < 1.29 is 9.84 Å². The normalized spacial score (nSPS) is 26.4. The molecule has 4 rings (SSSR count). The lowest BCUT2D eigenvalue weighted by atomic mass is 10.0. The first-order valence-corrected chi connectivity index (χ1v) is 8.84. The van der Waals surface area contributed by atoms with Crippen LogP contribution in [0.1, 0.15) is 18.5 Å². The summed E-state index contributed by atoms with van der Waals surface area (Å²) >= 11 is 0. The minimum absolute atomic E-state index is 0.235. The number of hydrogen-bond acceptors (Lipinski definition) is 4. The molecule has 2 heterocycles. The van der Waals surface area contributed by atoms with E-state index in [1.807, 2.05) is 36.4 Å². The van der Waals surface area contributed by atoms with Gasteiger partial charge >= 0.3 is 0 Å². The molecule has 1 aliphatic carbocycles. The first-order valence-electron chi connectivity index (χ1n) is 8.84. The second kappa shape index (κ2) is 6.81. The van der Waals surface area contributed by atoms with Crippen molar-refractivity contribution in [2.45, 2.75) is 25.4 Å². The minimum Gasteiger partial charge on any atom is -0.506 e. The second-order valence-electron chi connectivity index (χ2n) is 7.06. The third kappa shape index (κ3) is 3.54. The molecular formula is C20H24N2O2. The molecule has 2 fully saturated rings. The molecule has 0 amide bonds. The number of benzene rings is 1. The Morgan fingerprint density at radius 3 is 2.46 bits per heavy atom. The molecule has 1 saturated heterocycles. The highest BCUT2D eigenvalue weighted by Crippen LogP contribution is 2.39. The molecule has 2 aliphatic rings. The molecule has 4 nitrogen and oxygen atoms in total. The summed E-state index contributed by atoms with van der Waals surface area (Å²) in [4.78, 5) is 6.83. The number of hydrogen-bond donors (Lipinski definition) is 1. The van der Waals surface area contributed by atoms with Gasteiger partial charge in [-0.05, 0) is 48.9 Å². The van der Waals surface area contributed by atoms with Crippen molar-refractivity contribution in [3.05, 3.63) is 54.4 Å². The van der Waals surface area contributed by atoms with E-state index in [0.29, 0.717) is 6.10 Å². The Bertz CT molecular complexity index is 645. The van der Waals surface area contributed by atoms with Gasteiger partial charge in [0.15, 0.2) is 0 Å². The van der Waals surface area contributed by atoms with Crippen LogP contribution >= 0.6 is 0 Å². The van der Waals surface area contributed by atoms with Gasteiger partial charge in [-0.25, -0.2) is 0 Å². The van der Waals surface area contributed by atoms with Gasteiger partial charge in [0.05, 0.1) is 12.3 Å². The van der Waals surface area contributed by atoms with Crippen LogP contribution in [-0.4, -0.2) is 40.7 Å². The molecule has 1 aliphatic heterocycles. The number of likely N-dealkylation sites (tertiary alicyclic amines) is 1. The quantitative estimate of drug-likeness (QED) is 0.918. The molecule has 1 aromatic heterocycles. The molecular weight excluding hydrogens is 300 g/mol. The van der Waals surface area contributed by atoms with E-state index < -0.39 is 0 Å². The first-order chi connectivity index (χ1) is 11.8. The number of para-hydroxylation sites is 1. The highest BCUT2D eigenvalue weighted by molar-refractivity contribution is 5.21. The fourth-order valence-corrected chi connectivity index (χ4v) is 4.15. The molecule has 1 saturated carbocycles. The summed E-state index contributed by atoms with van der Waals surface area (Å²) in [5, 5.41) is 9.29. The van der Waals surface area contributed by atoms with E-state index in [1.165, 1.54) is 32.1 Å². The van der Waals surface area contributed by atoms with Gasteiger partial charge in [0.1, 0.15) is 11.5 Å². The van der Waals surface area contributed by atoms with Crippen LogP contribution in [0.15, 0.2) is 48.7 Å². The van der Waals surface area contributed by atoms with Crippen molar-refractivity contribution >= 4 is 0 Å². The summed E-state index contributed by atoms with van der Waals surface area (Å²) in [6.07, 6.45) is 5.20. The zero-order valence-electron chi connectivity index (χ0n) is 13.8. The lowest BCUT2D eigenvalue weighted by Crippen LogP contribution is -2.26. The fourth-order valence-electron chi connectivity index (χ4n) is 4.15. The van der Waals surface area contributed by atoms with Gasteiger partial charge in [-0.2, -0.15) is 0 Å². The summed E-state index contributed by atoms with van der Waals surface area (Å²) in [5.74, 6) is 2.77. The van der Waals surface area contributed by atoms with Crippen molar-refractivity contribution in [2.24, 2.45) is 11.8 Å². The molecule has 0 bridgehead atoms. The van der Waals surface area contributed by atoms with Crippen LogP contribution in [0.2, 0.25) is 0 Å². The summed E-state index contributed by atoms with van der Waals surface area (Å²) in [7, 11) is 0. The van der Waals surface area contributed by atoms with Gasteiger partial charge in [0.25, 0.3) is 0 Å². The highest BCUT2D eigenvalue weighted by Gasteiger charge is 2.41. The minimum atomic E-state index is 0.235. The summed E-state index contributed by atoms with van der Waals surface area (Å²) < 4.78 is 6.14. The standard InChI is InChI=1S/C20H24N2O2/c23-18-7-6-17(21-12-18)8-9-22-13-15-10-20(11-16(15)14-22)24-19-4-2-1-3-5-19/h1-7,12,15-16,20,23H,8-11,13-14H2. The SMILES string of the molecule is Oc1ccc(CCN2CC3CC(Oc4ccccc4)CC3C2)nc1.